The van der Waals surface area contributed by atoms with Crippen molar-refractivity contribution in [2.45, 2.75) is 76.3 Å². The van der Waals surface area contributed by atoms with Gasteiger partial charge in [-0.15, -0.1) is 0 Å². The van der Waals surface area contributed by atoms with Gasteiger partial charge in [-0.1, -0.05) is 47.3 Å². The molecule has 10 heteroatoms. The third-order valence-electron chi connectivity index (χ3n) is 4.88. The van der Waals surface area contributed by atoms with Crippen molar-refractivity contribution in [3.8, 4) is 0 Å². The molecule has 0 bridgehead atoms. The van der Waals surface area contributed by atoms with E-state index in [-0.39, 0.29) is 19.5 Å². The fraction of sp³-hybridized carbons (Fsp3) is 1.00. The lowest BCUT2D eigenvalue weighted by Gasteiger charge is -2.16. The molecule has 0 amide bonds. The lowest BCUT2D eigenvalue weighted by molar-refractivity contribution is 0.191. The Hall–Kier alpha value is 1.67. The third-order valence-corrected chi connectivity index (χ3v) is 15.3. The summed E-state index contributed by atoms with van der Waals surface area (Å²) in [4.78, 5) is 0. The molecule has 0 heterocycles. The molecular formula is C20H46O4S4Si2. The Labute approximate surface area is 206 Å². The zero-order valence-electron chi connectivity index (χ0n) is 19.7. The van der Waals surface area contributed by atoms with Crippen LogP contribution in [0.15, 0.2) is 0 Å². The Morgan fingerprint density at radius 1 is 0.633 bits per heavy atom. The Morgan fingerprint density at radius 3 is 1.43 bits per heavy atom. The first kappa shape index (κ1) is 31.7. The first-order valence-corrected chi connectivity index (χ1v) is 19.4. The molecule has 0 saturated carbocycles. The Morgan fingerprint density at radius 2 is 1.07 bits per heavy atom. The van der Waals surface area contributed by atoms with Gasteiger partial charge in [0.1, 0.15) is 0 Å². The number of hydrogen-bond acceptors (Lipinski definition) is 8. The van der Waals surface area contributed by atoms with Crippen LogP contribution in [-0.2, 0) is 18.3 Å². The minimum Gasteiger partial charge on any atom is -0.424 e. The summed E-state index contributed by atoms with van der Waals surface area (Å²) in [6.45, 7) is 7.79. The summed E-state index contributed by atoms with van der Waals surface area (Å²) in [5.41, 5.74) is 1.66. The van der Waals surface area contributed by atoms with Gasteiger partial charge in [0.2, 0.25) is 0 Å². The van der Waals surface area contributed by atoms with Crippen molar-refractivity contribution in [2.24, 2.45) is 0 Å². The normalized spacial score (nSPS) is 14.4. The van der Waals surface area contributed by atoms with Gasteiger partial charge in [0, 0.05) is 52.2 Å². The van der Waals surface area contributed by atoms with Crippen molar-refractivity contribution in [2.75, 3.05) is 52.2 Å². The molecule has 0 radical (unpaired) electrons. The van der Waals surface area contributed by atoms with Crippen molar-refractivity contribution in [1.29, 1.82) is 0 Å². The third kappa shape index (κ3) is 22.9. The van der Waals surface area contributed by atoms with E-state index in [9.17, 15) is 0 Å². The van der Waals surface area contributed by atoms with E-state index in [1.165, 1.54) is 62.9 Å². The predicted molar refractivity (Wildman–Crippen MR) is 149 cm³/mol. The van der Waals surface area contributed by atoms with E-state index < -0.39 is 0 Å². The largest absolute Gasteiger partial charge is 0.424 e. The first-order chi connectivity index (χ1) is 14.8. The molecule has 0 aliphatic carbocycles. The summed E-state index contributed by atoms with van der Waals surface area (Å²) in [5, 5.41) is 0. The van der Waals surface area contributed by atoms with E-state index in [1.54, 1.807) is 14.2 Å². The van der Waals surface area contributed by atoms with Crippen LogP contribution in [0, 0.1) is 0 Å². The standard InChI is InChI=1S/C20H46O4S4Si2/c1-5-23-29-19(11-7-9-15-21-3)13-17-25-27-28-26-18-14-20(30-24-6-2)12-8-10-16-22-4/h19-20H,5-18,29-30H2,1-4H3. The molecule has 2 unspecified atom stereocenters. The summed E-state index contributed by atoms with van der Waals surface area (Å²) < 4.78 is 22.0. The van der Waals surface area contributed by atoms with E-state index in [1.807, 2.05) is 41.2 Å². The second-order valence-electron chi connectivity index (χ2n) is 7.39. The molecule has 30 heavy (non-hydrogen) atoms. The van der Waals surface area contributed by atoms with Crippen molar-refractivity contribution >= 4 is 60.8 Å². The maximum atomic E-state index is 5.82. The molecule has 0 aromatic rings. The van der Waals surface area contributed by atoms with Gasteiger partial charge >= 0.3 is 0 Å². The van der Waals surface area contributed by atoms with Gasteiger partial charge in [-0.3, -0.25) is 0 Å². The maximum absolute atomic E-state index is 5.82. The Balaban J connectivity index is 3.76. The van der Waals surface area contributed by atoms with Gasteiger partial charge in [-0.05, 0) is 70.3 Å². The highest BCUT2D eigenvalue weighted by atomic mass is 33.7. The molecule has 182 valence electrons. The topological polar surface area (TPSA) is 36.9 Å². The number of rotatable bonds is 25. The van der Waals surface area contributed by atoms with Crippen LogP contribution < -0.4 is 0 Å². The van der Waals surface area contributed by atoms with Crippen molar-refractivity contribution in [3.05, 3.63) is 0 Å². The zero-order valence-corrected chi connectivity index (χ0v) is 25.8. The number of hydrogen-bond donors (Lipinski definition) is 0. The quantitative estimate of drug-likeness (QED) is 0.0814. The van der Waals surface area contributed by atoms with E-state index in [0.29, 0.717) is 0 Å². The van der Waals surface area contributed by atoms with Crippen LogP contribution in [0.5, 0.6) is 0 Å². The van der Waals surface area contributed by atoms with Gasteiger partial charge in [-0.2, -0.15) is 0 Å². The monoisotopic (exact) mass is 534 g/mol. The lowest BCUT2D eigenvalue weighted by atomic mass is 10.1. The van der Waals surface area contributed by atoms with Crippen LogP contribution in [-0.4, -0.2) is 71.7 Å². The molecule has 0 N–H and O–H groups in total. The minimum atomic E-state index is -0.375. The lowest BCUT2D eigenvalue weighted by Crippen LogP contribution is -2.10. The van der Waals surface area contributed by atoms with Gasteiger partial charge in [0.25, 0.3) is 0 Å². The second kappa shape index (κ2) is 26.9. The van der Waals surface area contributed by atoms with Crippen LogP contribution in [0.2, 0.25) is 11.1 Å². The highest BCUT2D eigenvalue weighted by Gasteiger charge is 2.11. The van der Waals surface area contributed by atoms with Crippen molar-refractivity contribution < 1.29 is 18.3 Å². The van der Waals surface area contributed by atoms with Crippen molar-refractivity contribution in [1.82, 2.24) is 0 Å². The zero-order chi connectivity index (χ0) is 22.1. The average molecular weight is 535 g/mol. The molecule has 0 rings (SSSR count). The second-order valence-corrected chi connectivity index (χ2v) is 17.4. The molecule has 0 aromatic heterocycles. The molecule has 0 saturated heterocycles. The summed E-state index contributed by atoms with van der Waals surface area (Å²) in [6.07, 6.45) is 10.2. The molecule has 0 aliphatic rings. The summed E-state index contributed by atoms with van der Waals surface area (Å²) in [7, 11) is 10.8. The van der Waals surface area contributed by atoms with Crippen LogP contribution in [0.25, 0.3) is 0 Å². The highest BCUT2D eigenvalue weighted by Crippen LogP contribution is 2.44. The number of ether oxygens (including phenoxy) is 2. The van der Waals surface area contributed by atoms with Gasteiger partial charge in [-0.25, -0.2) is 0 Å². The summed E-state index contributed by atoms with van der Waals surface area (Å²) in [6, 6.07) is 0. The fourth-order valence-corrected chi connectivity index (χ4v) is 12.8. The smallest absolute Gasteiger partial charge is 0.164 e. The maximum Gasteiger partial charge on any atom is 0.164 e. The average Bonchev–Trinajstić information content (AvgIpc) is 2.76. The van der Waals surface area contributed by atoms with Crippen LogP contribution in [0.4, 0.5) is 0 Å². The molecule has 0 aliphatic heterocycles. The molecular weight excluding hydrogens is 489 g/mol. The van der Waals surface area contributed by atoms with Crippen LogP contribution >= 0.6 is 41.2 Å². The molecule has 4 nitrogen and oxygen atoms in total. The Kier molecular flexibility index (Phi) is 28.4. The summed E-state index contributed by atoms with van der Waals surface area (Å²) in [5.74, 6) is 2.49. The fourth-order valence-electron chi connectivity index (χ4n) is 3.09. The van der Waals surface area contributed by atoms with Gasteiger partial charge in [0.05, 0.1) is 0 Å². The van der Waals surface area contributed by atoms with E-state index in [4.69, 9.17) is 18.3 Å². The molecule has 0 aromatic carbocycles. The number of methoxy groups -OCH3 is 2. The SMILES string of the molecule is CCO[SiH2]C(CCCCOC)CCSSSSCCC(CCCCOC)[SiH2]OCC. The molecule has 0 fully saturated rings. The highest BCUT2D eigenvalue weighted by molar-refractivity contribution is 9.26. The van der Waals surface area contributed by atoms with E-state index >= 15 is 0 Å². The van der Waals surface area contributed by atoms with E-state index in [2.05, 4.69) is 13.8 Å². The molecule has 0 spiro atoms. The first-order valence-electron chi connectivity index (χ1n) is 11.5. The minimum absolute atomic E-state index is 0.375. The van der Waals surface area contributed by atoms with Crippen LogP contribution in [0.3, 0.4) is 0 Å². The van der Waals surface area contributed by atoms with Gasteiger partial charge in [0.15, 0.2) is 19.5 Å². The van der Waals surface area contributed by atoms with Gasteiger partial charge < -0.3 is 18.3 Å². The van der Waals surface area contributed by atoms with Crippen LogP contribution in [0.1, 0.15) is 65.2 Å². The summed E-state index contributed by atoms with van der Waals surface area (Å²) >= 11 is 0. The Bertz CT molecular complexity index is 307. The predicted octanol–water partition coefficient (Wildman–Crippen LogP) is 5.90. The van der Waals surface area contributed by atoms with Crippen molar-refractivity contribution in [3.63, 3.8) is 0 Å². The van der Waals surface area contributed by atoms with E-state index in [0.717, 1.165) is 37.5 Å². The molecule has 2 atom stereocenters. The number of unbranched alkanes of at least 4 members (excludes halogenated alkanes) is 2.